The average molecular weight is 513 g/mol. The highest BCUT2D eigenvalue weighted by atomic mass is 19.1. The first-order chi connectivity index (χ1) is 17.6. The number of carbonyl (C=O) groups is 1. The van der Waals surface area contributed by atoms with Crippen molar-refractivity contribution in [3.63, 3.8) is 0 Å². The van der Waals surface area contributed by atoms with Crippen molar-refractivity contribution in [3.05, 3.63) is 65.6 Å². The number of fused-ring (bicyclic) bond motifs is 1. The number of aromatic nitrogens is 4. The van der Waals surface area contributed by atoms with Gasteiger partial charge in [-0.2, -0.15) is 9.49 Å². The molecule has 0 atom stereocenters. The van der Waals surface area contributed by atoms with Crippen molar-refractivity contribution in [1.82, 2.24) is 19.2 Å². The van der Waals surface area contributed by atoms with E-state index in [0.29, 0.717) is 43.1 Å². The minimum Gasteiger partial charge on any atom is -0.378 e. The maximum atomic E-state index is 15.9. The number of carbonyl (C=O) groups excluding carboxylic acids is 1. The van der Waals surface area contributed by atoms with Crippen molar-refractivity contribution in [2.45, 2.75) is 33.2 Å². The molecular formula is C26H27F3N6O2. The minimum absolute atomic E-state index is 0.118. The highest BCUT2D eigenvalue weighted by Gasteiger charge is 2.27. The molecule has 4 aromatic rings. The Balaban J connectivity index is 1.57. The van der Waals surface area contributed by atoms with Gasteiger partial charge in [0.25, 0.3) is 5.91 Å². The van der Waals surface area contributed by atoms with E-state index >= 15 is 4.39 Å². The molecule has 194 valence electrons. The maximum Gasteiger partial charge on any atom is 0.262 e. The van der Waals surface area contributed by atoms with E-state index in [0.717, 1.165) is 22.6 Å². The molecule has 0 saturated carbocycles. The van der Waals surface area contributed by atoms with Crippen molar-refractivity contribution >= 4 is 22.9 Å². The van der Waals surface area contributed by atoms with Gasteiger partial charge in [-0.25, -0.2) is 18.4 Å². The SMILES string of the molecule is Cc1cc(F)c(NC(=O)c2cnn(C(C)(C)C)c2F)c(F)c1-c1cc(N2CCOCC2)c2nccn2c1. The number of ether oxygens (including phenoxy) is 1. The quantitative estimate of drug-likeness (QED) is 0.427. The molecule has 1 aliphatic rings. The van der Waals surface area contributed by atoms with E-state index in [1.54, 1.807) is 56.8 Å². The van der Waals surface area contributed by atoms with Crippen LogP contribution in [0.3, 0.4) is 0 Å². The number of hydrogen-bond donors (Lipinski definition) is 1. The molecule has 3 aromatic heterocycles. The lowest BCUT2D eigenvalue weighted by atomic mass is 9.99. The molecule has 0 bridgehead atoms. The van der Waals surface area contributed by atoms with Gasteiger partial charge in [-0.15, -0.1) is 0 Å². The fourth-order valence-electron chi connectivity index (χ4n) is 4.53. The van der Waals surface area contributed by atoms with E-state index in [-0.39, 0.29) is 5.56 Å². The number of rotatable bonds is 4. The Kier molecular flexibility index (Phi) is 6.18. The monoisotopic (exact) mass is 512 g/mol. The number of benzene rings is 1. The average Bonchev–Trinajstić information content (AvgIpc) is 3.48. The standard InChI is InChI=1S/C26H27F3N6O2/c1-15-11-18(27)22(32-25(36)17-13-31-35(23(17)29)26(2,3)4)21(28)20(15)16-12-19(33-7-9-37-10-8-33)24-30-5-6-34(24)14-16/h5-6,11-14H,7-10H2,1-4H3,(H,32,36). The summed E-state index contributed by atoms with van der Waals surface area (Å²) in [6, 6.07) is 2.95. The third-order valence-corrected chi connectivity index (χ3v) is 6.35. The molecular weight excluding hydrogens is 485 g/mol. The molecule has 1 saturated heterocycles. The molecule has 37 heavy (non-hydrogen) atoms. The number of nitrogens with one attached hydrogen (secondary N) is 1. The topological polar surface area (TPSA) is 76.7 Å². The molecule has 1 aromatic carbocycles. The molecule has 8 nitrogen and oxygen atoms in total. The summed E-state index contributed by atoms with van der Waals surface area (Å²) < 4.78 is 54.0. The van der Waals surface area contributed by atoms with Crippen molar-refractivity contribution < 1.29 is 22.7 Å². The van der Waals surface area contributed by atoms with Crippen LogP contribution in [-0.4, -0.2) is 51.4 Å². The molecule has 0 unspecified atom stereocenters. The summed E-state index contributed by atoms with van der Waals surface area (Å²) in [5.41, 5.74) is 0.628. The second-order valence-electron chi connectivity index (χ2n) is 10.00. The lowest BCUT2D eigenvalue weighted by Gasteiger charge is -2.29. The van der Waals surface area contributed by atoms with Gasteiger partial charge in [-0.05, 0) is 45.4 Å². The number of morpholine rings is 1. The molecule has 0 aliphatic carbocycles. The number of amides is 1. The zero-order chi connectivity index (χ0) is 26.5. The van der Waals surface area contributed by atoms with E-state index in [9.17, 15) is 13.6 Å². The number of anilines is 2. The normalized spacial score (nSPS) is 14.4. The summed E-state index contributed by atoms with van der Waals surface area (Å²) >= 11 is 0. The van der Waals surface area contributed by atoms with Gasteiger partial charge in [-0.1, -0.05) is 0 Å². The van der Waals surface area contributed by atoms with E-state index in [1.807, 2.05) is 0 Å². The Morgan fingerprint density at radius 3 is 2.54 bits per heavy atom. The highest BCUT2D eigenvalue weighted by molar-refractivity contribution is 6.04. The fourth-order valence-corrected chi connectivity index (χ4v) is 4.53. The first-order valence-corrected chi connectivity index (χ1v) is 11.9. The molecule has 1 amide bonds. The zero-order valence-electron chi connectivity index (χ0n) is 21.0. The van der Waals surface area contributed by atoms with E-state index in [1.165, 1.54) is 0 Å². The van der Waals surface area contributed by atoms with Crippen molar-refractivity contribution in [3.8, 4) is 11.1 Å². The van der Waals surface area contributed by atoms with Gasteiger partial charge in [0.2, 0.25) is 5.95 Å². The van der Waals surface area contributed by atoms with Crippen LogP contribution in [0.15, 0.2) is 36.9 Å². The number of nitrogens with zero attached hydrogens (tertiary/aromatic N) is 5. The summed E-state index contributed by atoms with van der Waals surface area (Å²) in [6.07, 6.45) is 6.14. The van der Waals surface area contributed by atoms with Crippen LogP contribution < -0.4 is 10.2 Å². The molecule has 0 spiro atoms. The van der Waals surface area contributed by atoms with Gasteiger partial charge >= 0.3 is 0 Å². The summed E-state index contributed by atoms with van der Waals surface area (Å²) in [4.78, 5) is 19.4. The van der Waals surface area contributed by atoms with Crippen LogP contribution in [0.2, 0.25) is 0 Å². The molecule has 1 N–H and O–H groups in total. The predicted molar refractivity (Wildman–Crippen MR) is 133 cm³/mol. The number of pyridine rings is 1. The van der Waals surface area contributed by atoms with E-state index in [2.05, 4.69) is 20.3 Å². The van der Waals surface area contributed by atoms with E-state index < -0.39 is 40.3 Å². The number of halogens is 3. The van der Waals surface area contributed by atoms with Crippen LogP contribution in [-0.2, 0) is 10.3 Å². The molecule has 4 heterocycles. The second-order valence-corrected chi connectivity index (χ2v) is 10.00. The summed E-state index contributed by atoms with van der Waals surface area (Å²) in [7, 11) is 0. The van der Waals surface area contributed by atoms with Crippen LogP contribution in [0.5, 0.6) is 0 Å². The number of hydrogen-bond acceptors (Lipinski definition) is 5. The Morgan fingerprint density at radius 2 is 1.86 bits per heavy atom. The lowest BCUT2D eigenvalue weighted by molar-refractivity contribution is 0.102. The van der Waals surface area contributed by atoms with Crippen LogP contribution >= 0.6 is 0 Å². The Hall–Kier alpha value is -3.86. The molecule has 0 radical (unpaired) electrons. The largest absolute Gasteiger partial charge is 0.378 e. The molecule has 5 rings (SSSR count). The van der Waals surface area contributed by atoms with Crippen molar-refractivity contribution in [1.29, 1.82) is 0 Å². The minimum atomic E-state index is -1.00. The van der Waals surface area contributed by atoms with Gasteiger partial charge < -0.3 is 19.4 Å². The first-order valence-electron chi connectivity index (χ1n) is 11.9. The third kappa shape index (κ3) is 4.43. The van der Waals surface area contributed by atoms with Gasteiger partial charge in [0.1, 0.15) is 17.1 Å². The molecule has 11 heteroatoms. The number of imidazole rings is 1. The lowest BCUT2D eigenvalue weighted by Crippen LogP contribution is -2.36. The smallest absolute Gasteiger partial charge is 0.262 e. The van der Waals surface area contributed by atoms with E-state index in [4.69, 9.17) is 4.74 Å². The third-order valence-electron chi connectivity index (χ3n) is 6.35. The summed E-state index contributed by atoms with van der Waals surface area (Å²) in [6.45, 7) is 9.15. The Labute approximate surface area is 211 Å². The Morgan fingerprint density at radius 1 is 1.14 bits per heavy atom. The van der Waals surface area contributed by atoms with Gasteiger partial charge in [0, 0.05) is 42.8 Å². The summed E-state index contributed by atoms with van der Waals surface area (Å²) in [5, 5.41) is 6.14. The zero-order valence-corrected chi connectivity index (χ0v) is 21.0. The molecule has 1 aliphatic heterocycles. The van der Waals surface area contributed by atoms with Gasteiger partial charge in [0.15, 0.2) is 11.5 Å². The highest BCUT2D eigenvalue weighted by Crippen LogP contribution is 2.36. The second kappa shape index (κ2) is 9.22. The number of aryl methyl sites for hydroxylation is 1. The van der Waals surface area contributed by atoms with Crippen LogP contribution in [0.1, 0.15) is 36.7 Å². The summed E-state index contributed by atoms with van der Waals surface area (Å²) in [5.74, 6) is -3.81. The van der Waals surface area contributed by atoms with Gasteiger partial charge in [0.05, 0.1) is 30.6 Å². The van der Waals surface area contributed by atoms with Crippen LogP contribution in [0.4, 0.5) is 24.5 Å². The van der Waals surface area contributed by atoms with Crippen LogP contribution in [0, 0.1) is 24.5 Å². The predicted octanol–water partition coefficient (Wildman–Crippen LogP) is 4.77. The first kappa shape index (κ1) is 24.8. The Bertz CT molecular complexity index is 1500. The fraction of sp³-hybridized carbons (Fsp3) is 0.346. The van der Waals surface area contributed by atoms with Crippen molar-refractivity contribution in [2.24, 2.45) is 0 Å². The molecule has 1 fully saturated rings. The van der Waals surface area contributed by atoms with Crippen LogP contribution in [0.25, 0.3) is 16.8 Å². The maximum absolute atomic E-state index is 15.9. The van der Waals surface area contributed by atoms with Crippen molar-refractivity contribution in [2.75, 3.05) is 36.5 Å². The van der Waals surface area contributed by atoms with Gasteiger partial charge in [-0.3, -0.25) is 4.79 Å².